The van der Waals surface area contributed by atoms with Crippen molar-refractivity contribution in [3.05, 3.63) is 0 Å². The second kappa shape index (κ2) is 9.14. The Kier molecular flexibility index (Phi) is 9.18. The standard InChI is InChI=1S/C8H19B2O2/c1-2-3-4-5-6-7-8-9-10(11)12/h11-12H,2-8H2,1H3. The van der Waals surface area contributed by atoms with E-state index in [1.807, 2.05) is 0 Å². The molecule has 0 spiro atoms. The zero-order valence-corrected chi connectivity index (χ0v) is 8.00. The van der Waals surface area contributed by atoms with Crippen LogP contribution >= 0.6 is 0 Å². The van der Waals surface area contributed by atoms with Gasteiger partial charge in [0.2, 0.25) is 0 Å². The molecule has 0 saturated heterocycles. The summed E-state index contributed by atoms with van der Waals surface area (Å²) in [5, 5.41) is 17.0. The lowest BCUT2D eigenvalue weighted by Crippen LogP contribution is -2.20. The molecular weight excluding hydrogens is 150 g/mol. The van der Waals surface area contributed by atoms with Crippen molar-refractivity contribution in [1.82, 2.24) is 0 Å². The summed E-state index contributed by atoms with van der Waals surface area (Å²) in [7, 11) is 0.320. The molecule has 0 bridgehead atoms. The molecule has 2 N–H and O–H groups in total. The molecule has 12 heavy (non-hydrogen) atoms. The highest BCUT2D eigenvalue weighted by atomic mass is 16.4. The van der Waals surface area contributed by atoms with Crippen LogP contribution in [0.1, 0.15) is 45.4 Å². The van der Waals surface area contributed by atoms with Gasteiger partial charge in [0.25, 0.3) is 0 Å². The molecule has 1 radical (unpaired) electrons. The van der Waals surface area contributed by atoms with Crippen molar-refractivity contribution in [2.45, 2.75) is 51.8 Å². The summed E-state index contributed by atoms with van der Waals surface area (Å²) in [5.74, 6) is 0. The van der Waals surface area contributed by atoms with Gasteiger partial charge in [-0.05, 0) is 0 Å². The van der Waals surface area contributed by atoms with E-state index >= 15 is 0 Å². The Labute approximate surface area is 76.7 Å². The minimum absolute atomic E-state index is 0.823. The lowest BCUT2D eigenvalue weighted by Gasteiger charge is -1.99. The summed E-state index contributed by atoms with van der Waals surface area (Å²) in [6, 6.07) is 0. The van der Waals surface area contributed by atoms with Crippen LogP contribution in [0.2, 0.25) is 6.32 Å². The third-order valence-electron chi connectivity index (χ3n) is 1.94. The molecule has 4 heteroatoms. The molecule has 0 aromatic carbocycles. The SMILES string of the molecule is CCCCCCCC[B]B(O)O. The van der Waals surface area contributed by atoms with Crippen LogP contribution in [0.3, 0.4) is 0 Å². The summed E-state index contributed by atoms with van der Waals surface area (Å²) in [5.41, 5.74) is 0. The minimum Gasteiger partial charge on any atom is -0.434 e. The Hall–Kier alpha value is 0.0499. The van der Waals surface area contributed by atoms with E-state index in [4.69, 9.17) is 10.0 Å². The second-order valence-electron chi connectivity index (χ2n) is 3.21. The third kappa shape index (κ3) is 10.0. The van der Waals surface area contributed by atoms with Crippen molar-refractivity contribution < 1.29 is 10.0 Å². The van der Waals surface area contributed by atoms with E-state index in [0.29, 0.717) is 0 Å². The predicted molar refractivity (Wildman–Crippen MR) is 54.1 cm³/mol. The van der Waals surface area contributed by atoms with E-state index < -0.39 is 7.01 Å². The normalized spacial score (nSPS) is 9.92. The van der Waals surface area contributed by atoms with E-state index in [0.717, 1.165) is 12.7 Å². The van der Waals surface area contributed by atoms with Gasteiger partial charge >= 0.3 is 7.01 Å². The third-order valence-corrected chi connectivity index (χ3v) is 1.94. The number of rotatable bonds is 8. The fourth-order valence-electron chi connectivity index (χ4n) is 1.19. The summed E-state index contributed by atoms with van der Waals surface area (Å²) < 4.78 is 0. The quantitative estimate of drug-likeness (QED) is 0.426. The van der Waals surface area contributed by atoms with Crippen LogP contribution in [0.25, 0.3) is 0 Å². The van der Waals surface area contributed by atoms with Gasteiger partial charge < -0.3 is 10.0 Å². The zero-order valence-electron chi connectivity index (χ0n) is 8.00. The Morgan fingerprint density at radius 2 is 1.58 bits per heavy atom. The molecule has 0 saturated carbocycles. The van der Waals surface area contributed by atoms with Crippen LogP contribution in [-0.2, 0) is 0 Å². The largest absolute Gasteiger partial charge is 0.434 e. The van der Waals surface area contributed by atoms with Gasteiger partial charge in [-0.2, -0.15) is 0 Å². The Bertz CT molecular complexity index is 89.1. The number of hydrogen-bond donors (Lipinski definition) is 2. The molecule has 0 rings (SSSR count). The highest BCUT2D eigenvalue weighted by Crippen LogP contribution is 2.06. The van der Waals surface area contributed by atoms with Crippen LogP contribution in [0.5, 0.6) is 0 Å². The fourth-order valence-corrected chi connectivity index (χ4v) is 1.19. The van der Waals surface area contributed by atoms with Gasteiger partial charge in [0.05, 0.1) is 0 Å². The Morgan fingerprint density at radius 1 is 1.00 bits per heavy atom. The van der Waals surface area contributed by atoms with E-state index in [1.165, 1.54) is 32.1 Å². The van der Waals surface area contributed by atoms with Gasteiger partial charge in [0.1, 0.15) is 0 Å². The van der Waals surface area contributed by atoms with E-state index in [9.17, 15) is 0 Å². The molecule has 0 heterocycles. The van der Waals surface area contributed by atoms with E-state index in [-0.39, 0.29) is 0 Å². The van der Waals surface area contributed by atoms with Crippen molar-refractivity contribution in [3.63, 3.8) is 0 Å². The molecule has 0 aliphatic rings. The molecule has 69 valence electrons. The molecule has 0 unspecified atom stereocenters. The first-order valence-corrected chi connectivity index (χ1v) is 4.97. The van der Waals surface area contributed by atoms with Gasteiger partial charge in [-0.1, -0.05) is 51.8 Å². The summed E-state index contributed by atoms with van der Waals surface area (Å²) in [6.45, 7) is 2.20. The van der Waals surface area contributed by atoms with Crippen molar-refractivity contribution >= 4 is 14.2 Å². The minimum atomic E-state index is -1.22. The Balaban J connectivity index is 2.82. The maximum absolute atomic E-state index is 8.49. The summed E-state index contributed by atoms with van der Waals surface area (Å²) >= 11 is 0. The summed E-state index contributed by atoms with van der Waals surface area (Å²) in [4.78, 5) is 0. The molecule has 0 aliphatic heterocycles. The molecule has 0 aromatic rings. The molecule has 0 atom stereocenters. The van der Waals surface area contributed by atoms with Crippen LogP contribution in [-0.4, -0.2) is 24.2 Å². The predicted octanol–water partition coefficient (Wildman–Crippen LogP) is 1.44. The van der Waals surface area contributed by atoms with Crippen LogP contribution in [0.15, 0.2) is 0 Å². The molecule has 0 amide bonds. The van der Waals surface area contributed by atoms with Crippen molar-refractivity contribution in [2.75, 3.05) is 0 Å². The average molecular weight is 169 g/mol. The summed E-state index contributed by atoms with van der Waals surface area (Å²) in [6.07, 6.45) is 8.32. The average Bonchev–Trinajstić information content (AvgIpc) is 2.02. The zero-order chi connectivity index (χ0) is 9.23. The van der Waals surface area contributed by atoms with Crippen molar-refractivity contribution in [1.29, 1.82) is 0 Å². The highest BCUT2D eigenvalue weighted by molar-refractivity contribution is 7.04. The second-order valence-corrected chi connectivity index (χ2v) is 3.21. The van der Waals surface area contributed by atoms with E-state index in [2.05, 4.69) is 6.92 Å². The Morgan fingerprint density at radius 3 is 2.17 bits per heavy atom. The van der Waals surface area contributed by atoms with Crippen LogP contribution in [0, 0.1) is 0 Å². The first-order valence-electron chi connectivity index (χ1n) is 4.97. The van der Waals surface area contributed by atoms with Gasteiger partial charge in [-0.25, -0.2) is 0 Å². The van der Waals surface area contributed by atoms with Crippen LogP contribution < -0.4 is 0 Å². The van der Waals surface area contributed by atoms with Gasteiger partial charge in [-0.3, -0.25) is 0 Å². The smallest absolute Gasteiger partial charge is 0.392 e. The van der Waals surface area contributed by atoms with Crippen LogP contribution in [0.4, 0.5) is 0 Å². The highest BCUT2D eigenvalue weighted by Gasteiger charge is 2.05. The lowest BCUT2D eigenvalue weighted by atomic mass is 9.42. The van der Waals surface area contributed by atoms with Crippen molar-refractivity contribution in [3.8, 4) is 0 Å². The molecule has 0 aromatic heterocycles. The maximum atomic E-state index is 8.49. The van der Waals surface area contributed by atoms with Crippen molar-refractivity contribution in [2.24, 2.45) is 0 Å². The van der Waals surface area contributed by atoms with Gasteiger partial charge in [0.15, 0.2) is 7.17 Å². The van der Waals surface area contributed by atoms with Gasteiger partial charge in [-0.15, -0.1) is 0 Å². The molecule has 0 fully saturated rings. The monoisotopic (exact) mass is 169 g/mol. The lowest BCUT2D eigenvalue weighted by molar-refractivity contribution is 0.433. The molecule has 2 nitrogen and oxygen atoms in total. The molecular formula is C8H19B2O2. The fraction of sp³-hybridized carbons (Fsp3) is 1.00. The maximum Gasteiger partial charge on any atom is 0.392 e. The first kappa shape index (κ1) is 12.0. The number of hydrogen-bond acceptors (Lipinski definition) is 2. The molecule has 0 aliphatic carbocycles. The first-order chi connectivity index (χ1) is 5.77. The van der Waals surface area contributed by atoms with E-state index in [1.54, 1.807) is 7.17 Å². The number of unbranched alkanes of at least 4 members (excludes halogenated alkanes) is 5. The van der Waals surface area contributed by atoms with Gasteiger partial charge in [0, 0.05) is 0 Å². The topological polar surface area (TPSA) is 40.5 Å².